The number of aliphatic hydroxyl groups excluding tert-OH is 1. The molecule has 2 rings (SSSR count). The molecule has 0 aromatic carbocycles. The first-order valence-electron chi connectivity index (χ1n) is 9.17. The zero-order chi connectivity index (χ0) is 17.0. The van der Waals surface area contributed by atoms with Crippen molar-refractivity contribution in [1.29, 1.82) is 0 Å². The normalized spacial score (nSPS) is 25.1. The number of aliphatic hydroxyl groups is 1. The van der Waals surface area contributed by atoms with Crippen LogP contribution in [-0.4, -0.2) is 53.0 Å². The van der Waals surface area contributed by atoms with Crippen molar-refractivity contribution in [1.82, 2.24) is 10.2 Å². The van der Waals surface area contributed by atoms with Crippen molar-refractivity contribution in [3.8, 4) is 0 Å². The Balaban J connectivity index is 1.81. The second-order valence-electron chi connectivity index (χ2n) is 8.27. The molecule has 134 valence electrons. The molecule has 1 heterocycles. The Morgan fingerprint density at radius 3 is 2.61 bits per heavy atom. The van der Waals surface area contributed by atoms with E-state index < -0.39 is 5.60 Å². The number of carbonyl (C=O) groups excluding carboxylic acids is 1. The van der Waals surface area contributed by atoms with E-state index in [9.17, 15) is 9.90 Å². The van der Waals surface area contributed by atoms with Gasteiger partial charge in [0.25, 0.3) is 0 Å². The van der Waals surface area contributed by atoms with E-state index >= 15 is 0 Å². The average molecular weight is 326 g/mol. The zero-order valence-corrected chi connectivity index (χ0v) is 15.2. The lowest BCUT2D eigenvalue weighted by Gasteiger charge is -2.38. The van der Waals surface area contributed by atoms with E-state index in [1.54, 1.807) is 0 Å². The van der Waals surface area contributed by atoms with Crippen LogP contribution in [0.4, 0.5) is 4.79 Å². The van der Waals surface area contributed by atoms with E-state index in [0.29, 0.717) is 12.5 Å². The second-order valence-corrected chi connectivity index (χ2v) is 8.27. The summed E-state index contributed by atoms with van der Waals surface area (Å²) in [7, 11) is 0. The molecule has 5 nitrogen and oxygen atoms in total. The van der Waals surface area contributed by atoms with Crippen molar-refractivity contribution in [3.63, 3.8) is 0 Å². The molecule has 0 aromatic heterocycles. The zero-order valence-electron chi connectivity index (χ0n) is 15.2. The third-order valence-corrected chi connectivity index (χ3v) is 4.72. The Kier molecular flexibility index (Phi) is 6.32. The number of nitrogens with one attached hydrogen (secondary N) is 1. The maximum absolute atomic E-state index is 12.4. The SMILES string of the molecule is CC(CC1CCCCN1C(=O)OC(C)(C)C)NCC(O)C1CC1. The monoisotopic (exact) mass is 326 g/mol. The van der Waals surface area contributed by atoms with Crippen molar-refractivity contribution in [3.05, 3.63) is 0 Å². The molecule has 0 radical (unpaired) electrons. The molecular formula is C18H34N2O3. The highest BCUT2D eigenvalue weighted by Gasteiger charge is 2.32. The number of likely N-dealkylation sites (tertiary alicyclic amines) is 1. The molecule has 0 bridgehead atoms. The largest absolute Gasteiger partial charge is 0.444 e. The minimum Gasteiger partial charge on any atom is -0.444 e. The lowest BCUT2D eigenvalue weighted by Crippen LogP contribution is -2.48. The summed E-state index contributed by atoms with van der Waals surface area (Å²) in [6, 6.07) is 0.524. The fraction of sp³-hybridized carbons (Fsp3) is 0.944. The minimum absolute atomic E-state index is 0.188. The number of piperidine rings is 1. The maximum atomic E-state index is 12.4. The lowest BCUT2D eigenvalue weighted by molar-refractivity contribution is 0.00769. The maximum Gasteiger partial charge on any atom is 0.410 e. The Bertz CT molecular complexity index is 390. The summed E-state index contributed by atoms with van der Waals surface area (Å²) >= 11 is 0. The van der Waals surface area contributed by atoms with Gasteiger partial charge < -0.3 is 20.1 Å². The summed E-state index contributed by atoms with van der Waals surface area (Å²) in [5.74, 6) is 0.502. The number of hydrogen-bond acceptors (Lipinski definition) is 4. The van der Waals surface area contributed by atoms with Gasteiger partial charge in [-0.15, -0.1) is 0 Å². The molecule has 1 aliphatic heterocycles. The summed E-state index contributed by atoms with van der Waals surface area (Å²) in [6.07, 6.45) is 6.09. The van der Waals surface area contributed by atoms with Gasteiger partial charge in [-0.2, -0.15) is 0 Å². The van der Waals surface area contributed by atoms with Crippen LogP contribution in [0.5, 0.6) is 0 Å². The van der Waals surface area contributed by atoms with Gasteiger partial charge in [-0.3, -0.25) is 0 Å². The molecule has 23 heavy (non-hydrogen) atoms. The highest BCUT2D eigenvalue weighted by atomic mass is 16.6. The van der Waals surface area contributed by atoms with E-state index in [0.717, 1.165) is 38.6 Å². The molecular weight excluding hydrogens is 292 g/mol. The number of ether oxygens (including phenoxy) is 1. The van der Waals surface area contributed by atoms with Crippen LogP contribution >= 0.6 is 0 Å². The molecule has 1 amide bonds. The summed E-state index contributed by atoms with van der Waals surface area (Å²) in [4.78, 5) is 14.3. The molecule has 3 unspecified atom stereocenters. The van der Waals surface area contributed by atoms with Gasteiger partial charge in [0, 0.05) is 25.2 Å². The number of carbonyl (C=O) groups is 1. The molecule has 3 atom stereocenters. The fourth-order valence-electron chi connectivity index (χ4n) is 3.27. The van der Waals surface area contributed by atoms with Crippen LogP contribution < -0.4 is 5.32 Å². The fourth-order valence-corrected chi connectivity index (χ4v) is 3.27. The van der Waals surface area contributed by atoms with Gasteiger partial charge in [0.15, 0.2) is 0 Å². The molecule has 1 saturated carbocycles. The first-order chi connectivity index (χ1) is 10.8. The first-order valence-corrected chi connectivity index (χ1v) is 9.17. The first kappa shape index (κ1) is 18.5. The summed E-state index contributed by atoms with van der Waals surface area (Å²) in [5.41, 5.74) is -0.447. The van der Waals surface area contributed by atoms with Crippen LogP contribution in [0.25, 0.3) is 0 Å². The van der Waals surface area contributed by atoms with E-state index in [4.69, 9.17) is 4.74 Å². The Morgan fingerprint density at radius 2 is 2.00 bits per heavy atom. The molecule has 0 aromatic rings. The predicted octanol–water partition coefficient (Wildman–Crippen LogP) is 2.92. The smallest absolute Gasteiger partial charge is 0.410 e. The molecule has 2 fully saturated rings. The number of nitrogens with zero attached hydrogens (tertiary/aromatic N) is 1. The van der Waals surface area contributed by atoms with Gasteiger partial charge in [-0.25, -0.2) is 4.79 Å². The van der Waals surface area contributed by atoms with Crippen LogP contribution in [0.15, 0.2) is 0 Å². The van der Waals surface area contributed by atoms with Gasteiger partial charge in [0.05, 0.1) is 6.10 Å². The summed E-state index contributed by atoms with van der Waals surface area (Å²) in [6.45, 7) is 9.32. The van der Waals surface area contributed by atoms with E-state index in [1.165, 1.54) is 6.42 Å². The highest BCUT2D eigenvalue weighted by Crippen LogP contribution is 2.32. The standard InChI is InChI=1S/C18H34N2O3/c1-13(19-12-16(21)14-8-9-14)11-15-7-5-6-10-20(15)17(22)23-18(2,3)4/h13-16,19,21H,5-12H2,1-4H3. The van der Waals surface area contributed by atoms with Crippen LogP contribution in [0, 0.1) is 5.92 Å². The van der Waals surface area contributed by atoms with Gasteiger partial charge in [0.1, 0.15) is 5.60 Å². The third-order valence-electron chi connectivity index (χ3n) is 4.72. The summed E-state index contributed by atoms with van der Waals surface area (Å²) in [5, 5.41) is 13.4. The Morgan fingerprint density at radius 1 is 1.30 bits per heavy atom. The van der Waals surface area contributed by atoms with E-state index in [1.807, 2.05) is 25.7 Å². The van der Waals surface area contributed by atoms with E-state index in [2.05, 4.69) is 12.2 Å². The molecule has 1 aliphatic carbocycles. The van der Waals surface area contributed by atoms with Gasteiger partial charge in [-0.1, -0.05) is 0 Å². The van der Waals surface area contributed by atoms with Crippen LogP contribution in [0.2, 0.25) is 0 Å². The molecule has 2 N–H and O–H groups in total. The van der Waals surface area contributed by atoms with Crippen molar-refractivity contribution < 1.29 is 14.6 Å². The predicted molar refractivity (Wildman–Crippen MR) is 91.4 cm³/mol. The lowest BCUT2D eigenvalue weighted by atomic mass is 9.96. The van der Waals surface area contributed by atoms with E-state index in [-0.39, 0.29) is 24.3 Å². The highest BCUT2D eigenvalue weighted by molar-refractivity contribution is 5.68. The topological polar surface area (TPSA) is 61.8 Å². The number of rotatable bonds is 6. The minimum atomic E-state index is -0.447. The van der Waals surface area contributed by atoms with Crippen LogP contribution in [-0.2, 0) is 4.74 Å². The van der Waals surface area contributed by atoms with Crippen molar-refractivity contribution >= 4 is 6.09 Å². The van der Waals surface area contributed by atoms with Crippen molar-refractivity contribution in [2.75, 3.05) is 13.1 Å². The quantitative estimate of drug-likeness (QED) is 0.788. The van der Waals surface area contributed by atoms with Crippen molar-refractivity contribution in [2.24, 2.45) is 5.92 Å². The Hall–Kier alpha value is -0.810. The van der Waals surface area contributed by atoms with Crippen LogP contribution in [0.3, 0.4) is 0 Å². The van der Waals surface area contributed by atoms with Gasteiger partial charge in [-0.05, 0) is 72.1 Å². The van der Waals surface area contributed by atoms with Crippen molar-refractivity contribution in [2.45, 2.75) is 90.0 Å². The summed E-state index contributed by atoms with van der Waals surface area (Å²) < 4.78 is 5.55. The molecule has 1 saturated heterocycles. The van der Waals surface area contributed by atoms with Gasteiger partial charge >= 0.3 is 6.09 Å². The Labute approximate surface area is 140 Å². The molecule has 0 spiro atoms. The van der Waals surface area contributed by atoms with Crippen LogP contribution in [0.1, 0.15) is 66.2 Å². The third kappa shape index (κ3) is 6.30. The molecule has 5 heteroatoms. The van der Waals surface area contributed by atoms with Gasteiger partial charge in [0.2, 0.25) is 0 Å². The number of hydrogen-bond donors (Lipinski definition) is 2. The average Bonchev–Trinajstić information content (AvgIpc) is 3.28. The molecule has 2 aliphatic rings. The second kappa shape index (κ2) is 7.84. The number of amides is 1.